The number of aliphatic hydroxyl groups is 2. The highest BCUT2D eigenvalue weighted by atomic mass is 32.1. The Morgan fingerprint density at radius 3 is 1.48 bits per heavy atom. The summed E-state index contributed by atoms with van der Waals surface area (Å²) >= 11 is 1.25. The van der Waals surface area contributed by atoms with Gasteiger partial charge in [-0.2, -0.15) is 0 Å². The monoisotopic (exact) mass is 1560 g/mol. The van der Waals surface area contributed by atoms with Gasteiger partial charge in [0.15, 0.2) is 17.9 Å². The van der Waals surface area contributed by atoms with E-state index in [2.05, 4.69) is 57.5 Å². The van der Waals surface area contributed by atoms with E-state index >= 15 is 0 Å². The van der Waals surface area contributed by atoms with Crippen molar-refractivity contribution >= 4 is 116 Å². The van der Waals surface area contributed by atoms with E-state index in [4.69, 9.17) is 34.4 Å². The van der Waals surface area contributed by atoms with E-state index in [1.54, 1.807) is 35.7 Å². The van der Waals surface area contributed by atoms with Crippen molar-refractivity contribution in [3.8, 4) is 0 Å². The third kappa shape index (κ3) is 23.3. The molecular weight excluding hydrogens is 1460 g/mol. The van der Waals surface area contributed by atoms with Crippen molar-refractivity contribution in [2.45, 2.75) is 182 Å². The van der Waals surface area contributed by atoms with Crippen LogP contribution < -0.4 is 76.9 Å². The van der Waals surface area contributed by atoms with Crippen LogP contribution in [-0.2, 0) is 72.0 Å². The highest BCUT2D eigenvalue weighted by Crippen LogP contribution is 2.61. The molecule has 0 spiro atoms. The molecule has 112 heavy (non-hydrogen) atoms. The van der Waals surface area contributed by atoms with Crippen LogP contribution in [0.2, 0.25) is 0 Å². The van der Waals surface area contributed by atoms with Gasteiger partial charge >= 0.3 is 5.97 Å². The number of nitrogens with zero attached hydrogens (tertiary/aromatic N) is 5. The third-order valence-electron chi connectivity index (χ3n) is 21.8. The number of amides is 10. The standard InChI is InChI=1S/C78H105N19O14S/c79-75(80)85-23-5-15-55(89-64(100)40-78-37-46-28-47(38-78)30-48(29-46)39-78)66(102)91-56(16-6-24-86-76(81)82)72(108)96-26-8-18-62(96)73(109)97-42-53(99)35-63(97)71(107)88-41-65(101)90-60(36-54-14-9-27-112-54)69(105)95-61(43-98)70(106)94-59(34-45-20-22-50-11-2-4-13-52(50)32-45)68(104)93-58(33-44-19-21-49-10-1-3-12-51(49)31-44)67(103)92-57(74(110)111)17-7-25-87-77(83)84/h1-4,9-14,19-22,27,31-32,46-48,53,55-63,98-99H,5-8,15-18,23-26,28-30,33-43H2,(H,88,107)(H,89,100)(H,90,101)(H,91,102)(H,92,103)(H,93,104)(H,94,106)(H,95,105)(H,110,111)(H4,79,80,85)(H4,81,82,86)(H4,83,84,87)/t46?,47?,48?,53-,55-,56+,57+,58+,59-,60+,61+,62+,63+,78?/m1/s1. The van der Waals surface area contributed by atoms with Crippen LogP contribution in [0.3, 0.4) is 0 Å². The van der Waals surface area contributed by atoms with Crippen molar-refractivity contribution in [1.29, 1.82) is 0 Å². The lowest BCUT2D eigenvalue weighted by Gasteiger charge is -2.56. The van der Waals surface area contributed by atoms with Gasteiger partial charge in [-0.1, -0.05) is 91.0 Å². The summed E-state index contributed by atoms with van der Waals surface area (Å²) in [5.74, 6) is -7.85. The molecule has 1 aromatic heterocycles. The number of nitrogens with one attached hydrogen (secondary N) is 8. The molecule has 6 aliphatic rings. The van der Waals surface area contributed by atoms with Gasteiger partial charge in [-0.15, -0.1) is 11.3 Å². The minimum Gasteiger partial charge on any atom is -0.480 e. The number of carboxylic acids is 1. The zero-order valence-electron chi connectivity index (χ0n) is 62.6. The number of aliphatic hydroxyl groups excluding tert-OH is 2. The number of carboxylic acid groups (broad SMARTS) is 1. The van der Waals surface area contributed by atoms with Gasteiger partial charge in [0.05, 0.1) is 19.3 Å². The number of thiophene rings is 1. The summed E-state index contributed by atoms with van der Waals surface area (Å²) in [4.78, 5) is 173. The number of fused-ring (bicyclic) bond motifs is 2. The van der Waals surface area contributed by atoms with E-state index in [9.17, 15) is 68.1 Å². The Bertz CT molecular complexity index is 4260. The molecule has 4 bridgehead atoms. The average molecular weight is 1560 g/mol. The van der Waals surface area contributed by atoms with Crippen LogP contribution >= 0.6 is 11.3 Å². The minimum atomic E-state index is -1.77. The van der Waals surface area contributed by atoms with Gasteiger partial charge in [0.1, 0.15) is 54.4 Å². The van der Waals surface area contributed by atoms with Gasteiger partial charge in [0.25, 0.3) is 0 Å². The summed E-state index contributed by atoms with van der Waals surface area (Å²) in [5.41, 5.74) is 34.4. The van der Waals surface area contributed by atoms with E-state index in [1.807, 2.05) is 66.7 Å². The molecule has 602 valence electrons. The van der Waals surface area contributed by atoms with Crippen molar-refractivity contribution in [3.05, 3.63) is 118 Å². The Labute approximate surface area is 652 Å². The van der Waals surface area contributed by atoms with Gasteiger partial charge in [-0.25, -0.2) is 4.79 Å². The van der Waals surface area contributed by atoms with Crippen LogP contribution in [0.5, 0.6) is 0 Å². The number of carbonyl (C=O) groups excluding carboxylic acids is 10. The molecule has 6 fully saturated rings. The van der Waals surface area contributed by atoms with Gasteiger partial charge in [0.2, 0.25) is 59.1 Å². The number of benzene rings is 4. The van der Waals surface area contributed by atoms with Crippen molar-refractivity contribution in [2.24, 2.45) is 72.5 Å². The first kappa shape index (κ1) is 83.5. The number of carbonyl (C=O) groups is 11. The first-order valence-corrected chi connectivity index (χ1v) is 39.2. The molecule has 5 aromatic rings. The summed E-state index contributed by atoms with van der Waals surface area (Å²) in [5, 5.41) is 58.8. The molecule has 10 amide bonds. The van der Waals surface area contributed by atoms with Crippen LogP contribution in [-0.4, -0.2) is 214 Å². The van der Waals surface area contributed by atoms with Crippen molar-refractivity contribution in [1.82, 2.24) is 52.3 Å². The minimum absolute atomic E-state index is 0.0177. The number of guanidine groups is 3. The van der Waals surface area contributed by atoms with Gasteiger partial charge < -0.3 is 102 Å². The van der Waals surface area contributed by atoms with Gasteiger partial charge in [0, 0.05) is 69.7 Å². The Balaban J connectivity index is 0.799. The molecule has 4 aliphatic carbocycles. The van der Waals surface area contributed by atoms with Crippen molar-refractivity contribution < 1.29 is 68.1 Å². The summed E-state index contributed by atoms with van der Waals surface area (Å²) in [6.45, 7) is -1.69. The normalized spacial score (nSPS) is 21.3. The smallest absolute Gasteiger partial charge is 0.326 e. The van der Waals surface area contributed by atoms with Crippen LogP contribution in [0.4, 0.5) is 0 Å². The molecule has 34 heteroatoms. The fraction of sp³-hybridized carbons (Fsp3) is 0.513. The maximum atomic E-state index is 14.9. The maximum Gasteiger partial charge on any atom is 0.326 e. The molecule has 3 heterocycles. The molecule has 0 radical (unpaired) electrons. The predicted molar refractivity (Wildman–Crippen MR) is 420 cm³/mol. The second-order valence-electron chi connectivity index (χ2n) is 30.4. The number of likely N-dealkylation sites (tertiary alicyclic amines) is 2. The number of nitrogens with two attached hydrogens (primary N) is 6. The Kier molecular flexibility index (Phi) is 29.3. The van der Waals surface area contributed by atoms with E-state index < -0.39 is 133 Å². The van der Waals surface area contributed by atoms with Crippen molar-refractivity contribution in [3.63, 3.8) is 0 Å². The zero-order valence-corrected chi connectivity index (χ0v) is 63.5. The third-order valence-corrected chi connectivity index (χ3v) is 22.7. The van der Waals surface area contributed by atoms with Crippen molar-refractivity contribution in [2.75, 3.05) is 45.9 Å². The molecule has 4 saturated carbocycles. The Hall–Kier alpha value is -11.0. The van der Waals surface area contributed by atoms with E-state index in [-0.39, 0.29) is 133 Å². The first-order chi connectivity index (χ1) is 53.7. The van der Waals surface area contributed by atoms with Crippen LogP contribution in [0.15, 0.2) is 117 Å². The molecule has 2 saturated heterocycles. The summed E-state index contributed by atoms with van der Waals surface area (Å²) in [6, 6.07) is 16.6. The lowest BCUT2D eigenvalue weighted by molar-refractivity contribution is -0.148. The molecule has 11 rings (SSSR count). The van der Waals surface area contributed by atoms with Gasteiger partial charge in [-0.3, -0.25) is 62.9 Å². The average Bonchev–Trinajstić information content (AvgIpc) is 0.947. The second-order valence-corrected chi connectivity index (χ2v) is 31.4. The Morgan fingerprint density at radius 1 is 0.509 bits per heavy atom. The number of β-amino-alcohol motifs (C(OH)–C–C–N with tert-alkyl or cyclic N) is 1. The van der Waals surface area contributed by atoms with E-state index in [0.29, 0.717) is 46.6 Å². The zero-order chi connectivity index (χ0) is 80.2. The summed E-state index contributed by atoms with van der Waals surface area (Å²) < 4.78 is 0. The van der Waals surface area contributed by atoms with E-state index in [0.717, 1.165) is 45.7 Å². The van der Waals surface area contributed by atoms with Gasteiger partial charge in [-0.05, 0) is 157 Å². The number of hydrogen-bond acceptors (Lipinski definition) is 17. The fourth-order valence-corrected chi connectivity index (χ4v) is 17.7. The molecule has 2 aliphatic heterocycles. The number of hydrogen-bond donors (Lipinski definition) is 17. The molecule has 0 unspecified atom stereocenters. The second kappa shape index (κ2) is 39.3. The SMILES string of the molecule is NC(N)=NCCC[C@H](NC(=O)[C@H](Cc1ccc2ccccc2c1)NC(=O)[C@@H](Cc1ccc2ccccc2c1)NC(=O)[C@H](CO)NC(=O)[C@H](Cc1cccs1)NC(=O)CNC(=O)[C@@H]1C[C@@H](O)CN1C(=O)[C@@H]1CCCN1C(=O)[C@H](CCCN=C(N)N)NC(=O)[C@@H](CCCN=C(N)N)NC(=O)CC12CC3CC(CC(C3)C1)C2)C(=O)O. The van der Waals surface area contributed by atoms with Crippen LogP contribution in [0, 0.1) is 23.2 Å². The maximum absolute atomic E-state index is 14.9. The number of rotatable bonds is 39. The molecular formula is C78H105N19O14S. The van der Waals surface area contributed by atoms with Crippen LogP contribution in [0.25, 0.3) is 21.5 Å². The number of aliphatic carboxylic acids is 1. The van der Waals surface area contributed by atoms with Crippen LogP contribution in [0.1, 0.15) is 119 Å². The summed E-state index contributed by atoms with van der Waals surface area (Å²) in [6.07, 6.45) is 6.07. The molecule has 4 aromatic carbocycles. The highest BCUT2D eigenvalue weighted by molar-refractivity contribution is 7.09. The lowest BCUT2D eigenvalue weighted by Crippen LogP contribution is -2.60. The topological polar surface area (TPSA) is 544 Å². The molecule has 23 N–H and O–H groups in total. The molecule has 10 atom stereocenters. The number of aliphatic imine (C=N–C) groups is 3. The predicted octanol–water partition coefficient (Wildman–Crippen LogP) is -0.611. The highest BCUT2D eigenvalue weighted by Gasteiger charge is 2.52. The molecule has 33 nitrogen and oxygen atoms in total. The Morgan fingerprint density at radius 2 is 0.973 bits per heavy atom. The summed E-state index contributed by atoms with van der Waals surface area (Å²) in [7, 11) is 0. The van der Waals surface area contributed by atoms with E-state index in [1.165, 1.54) is 35.5 Å². The lowest BCUT2D eigenvalue weighted by atomic mass is 9.49. The fourth-order valence-electron chi connectivity index (χ4n) is 16.9. The largest absolute Gasteiger partial charge is 0.480 e. The quantitative estimate of drug-likeness (QED) is 0.0133. The first-order valence-electron chi connectivity index (χ1n) is 38.3.